The molecule has 146 valence electrons. The highest BCUT2D eigenvalue weighted by atomic mass is 32.2. The zero-order valence-electron chi connectivity index (χ0n) is 15.4. The van der Waals surface area contributed by atoms with E-state index in [1.807, 2.05) is 18.7 Å². The number of aliphatic imine (C=N–C) groups is 1. The molecule has 1 atom stereocenters. The molecule has 0 saturated carbocycles. The van der Waals surface area contributed by atoms with Crippen molar-refractivity contribution >= 4 is 41.4 Å². The summed E-state index contributed by atoms with van der Waals surface area (Å²) in [5.74, 6) is 1.50. The first-order valence-electron chi connectivity index (χ1n) is 9.26. The number of amides is 2. The normalized spacial score (nSPS) is 20.8. The molecule has 0 N–H and O–H groups in total. The Morgan fingerprint density at radius 2 is 2.26 bits per heavy atom. The number of rotatable bonds is 5. The smallest absolute Gasteiger partial charge is 0.415 e. The number of benzene rings is 1. The minimum Gasteiger partial charge on any atom is -0.438 e. The van der Waals surface area contributed by atoms with Gasteiger partial charge in [0.15, 0.2) is 6.10 Å². The van der Waals surface area contributed by atoms with E-state index in [-0.39, 0.29) is 18.3 Å². The third-order valence-corrected chi connectivity index (χ3v) is 5.54. The first-order chi connectivity index (χ1) is 13.1. The lowest BCUT2D eigenvalue weighted by molar-refractivity contribution is -0.117. The summed E-state index contributed by atoms with van der Waals surface area (Å²) < 4.78 is 19.9. The third-order valence-electron chi connectivity index (χ3n) is 4.49. The molecule has 8 heteroatoms. The second-order valence-corrected chi connectivity index (χ2v) is 7.77. The van der Waals surface area contributed by atoms with Gasteiger partial charge in [0.25, 0.3) is 0 Å². The van der Waals surface area contributed by atoms with Crippen molar-refractivity contribution in [2.45, 2.75) is 32.3 Å². The Balaban J connectivity index is 1.68. The van der Waals surface area contributed by atoms with Gasteiger partial charge in [-0.25, -0.2) is 14.2 Å². The topological polar surface area (TPSA) is 62.2 Å². The fourth-order valence-corrected chi connectivity index (χ4v) is 4.01. The van der Waals surface area contributed by atoms with Crippen LogP contribution in [0.15, 0.2) is 23.2 Å². The van der Waals surface area contributed by atoms with Crippen molar-refractivity contribution in [1.29, 1.82) is 0 Å². The summed E-state index contributed by atoms with van der Waals surface area (Å²) in [5, 5.41) is 0. The van der Waals surface area contributed by atoms with E-state index in [1.165, 1.54) is 17.2 Å². The van der Waals surface area contributed by atoms with E-state index in [9.17, 15) is 14.0 Å². The Morgan fingerprint density at radius 1 is 1.41 bits per heavy atom. The number of carbonyl (C=O) groups excluding carboxylic acids is 2. The molecule has 0 bridgehead atoms. The molecule has 2 fully saturated rings. The van der Waals surface area contributed by atoms with Gasteiger partial charge in [0.2, 0.25) is 5.91 Å². The lowest BCUT2D eigenvalue weighted by Crippen LogP contribution is -2.27. The molecule has 27 heavy (non-hydrogen) atoms. The standard InChI is InChI=1S/C19H24FN3O3S/c1-2-4-18(24)21-12-15-13-23(19(25)26-15)14-5-6-17(16(20)11-14)22-7-3-9-27-10-8-22/h5-6,11-12,15H,2-4,7-10,13H2,1H3/t15-/m0/s1. The Hall–Kier alpha value is -2.09. The summed E-state index contributed by atoms with van der Waals surface area (Å²) >= 11 is 1.88. The molecule has 2 aliphatic rings. The Labute approximate surface area is 162 Å². The highest BCUT2D eigenvalue weighted by molar-refractivity contribution is 7.99. The first kappa shape index (κ1) is 19.7. The number of ether oxygens (including phenoxy) is 1. The van der Waals surface area contributed by atoms with Crippen LogP contribution in [0, 0.1) is 5.82 Å². The molecule has 0 aliphatic carbocycles. The van der Waals surface area contributed by atoms with Crippen LogP contribution in [-0.4, -0.2) is 55.5 Å². The van der Waals surface area contributed by atoms with E-state index >= 15 is 0 Å². The van der Waals surface area contributed by atoms with Gasteiger partial charge in [0, 0.05) is 25.3 Å². The van der Waals surface area contributed by atoms with Crippen LogP contribution in [0.2, 0.25) is 0 Å². The second-order valence-electron chi connectivity index (χ2n) is 6.54. The average Bonchev–Trinajstić information content (AvgIpc) is 2.83. The molecule has 6 nitrogen and oxygen atoms in total. The van der Waals surface area contributed by atoms with Gasteiger partial charge in [-0.1, -0.05) is 6.92 Å². The van der Waals surface area contributed by atoms with Crippen LogP contribution in [0.3, 0.4) is 0 Å². The summed E-state index contributed by atoms with van der Waals surface area (Å²) in [4.78, 5) is 30.8. The number of hydrogen-bond acceptors (Lipinski definition) is 5. The van der Waals surface area contributed by atoms with Crippen LogP contribution in [0.1, 0.15) is 26.2 Å². The molecule has 3 rings (SSSR count). The third kappa shape index (κ3) is 5.00. The molecular weight excluding hydrogens is 369 g/mol. The van der Waals surface area contributed by atoms with Gasteiger partial charge in [0.1, 0.15) is 5.82 Å². The molecule has 0 aromatic heterocycles. The largest absolute Gasteiger partial charge is 0.438 e. The minimum atomic E-state index is -0.608. The molecule has 0 unspecified atom stereocenters. The van der Waals surface area contributed by atoms with Gasteiger partial charge in [-0.3, -0.25) is 9.69 Å². The average molecular weight is 393 g/mol. The van der Waals surface area contributed by atoms with E-state index in [0.29, 0.717) is 24.2 Å². The molecule has 1 aromatic carbocycles. The van der Waals surface area contributed by atoms with Gasteiger partial charge in [0.05, 0.1) is 24.1 Å². The van der Waals surface area contributed by atoms with Gasteiger partial charge >= 0.3 is 6.09 Å². The van der Waals surface area contributed by atoms with Crippen LogP contribution in [0.25, 0.3) is 0 Å². The van der Waals surface area contributed by atoms with Crippen molar-refractivity contribution in [3.05, 3.63) is 24.0 Å². The molecule has 2 heterocycles. The van der Waals surface area contributed by atoms with E-state index in [2.05, 4.69) is 9.89 Å². The fraction of sp³-hybridized carbons (Fsp3) is 0.526. The molecule has 0 radical (unpaired) electrons. The fourth-order valence-electron chi connectivity index (χ4n) is 3.13. The quantitative estimate of drug-likeness (QED) is 0.717. The summed E-state index contributed by atoms with van der Waals surface area (Å²) in [5.41, 5.74) is 1.01. The molecule has 2 amide bonds. The summed E-state index contributed by atoms with van der Waals surface area (Å²) in [6, 6.07) is 4.83. The number of hydrogen-bond donors (Lipinski definition) is 0. The monoisotopic (exact) mass is 393 g/mol. The number of carbonyl (C=O) groups is 2. The van der Waals surface area contributed by atoms with E-state index in [1.54, 1.807) is 12.1 Å². The first-order valence-corrected chi connectivity index (χ1v) is 10.4. The molecule has 1 aromatic rings. The number of cyclic esters (lactones) is 1. The predicted molar refractivity (Wildman–Crippen MR) is 107 cm³/mol. The maximum atomic E-state index is 14.7. The van der Waals surface area contributed by atoms with Crippen LogP contribution >= 0.6 is 11.8 Å². The highest BCUT2D eigenvalue weighted by Gasteiger charge is 2.32. The van der Waals surface area contributed by atoms with Crippen molar-refractivity contribution < 1.29 is 18.7 Å². The maximum absolute atomic E-state index is 14.7. The van der Waals surface area contributed by atoms with Crippen LogP contribution in [0.4, 0.5) is 20.6 Å². The Morgan fingerprint density at radius 3 is 3.04 bits per heavy atom. The van der Waals surface area contributed by atoms with Crippen molar-refractivity contribution in [3.63, 3.8) is 0 Å². The summed E-state index contributed by atoms with van der Waals surface area (Å²) in [7, 11) is 0. The zero-order chi connectivity index (χ0) is 19.2. The number of thioether (sulfide) groups is 1. The highest BCUT2D eigenvalue weighted by Crippen LogP contribution is 2.29. The Kier molecular flexibility index (Phi) is 6.71. The van der Waals surface area contributed by atoms with Crippen LogP contribution < -0.4 is 9.80 Å². The predicted octanol–water partition coefficient (Wildman–Crippen LogP) is 3.49. The summed E-state index contributed by atoms with van der Waals surface area (Å²) in [6.45, 7) is 3.75. The second kappa shape index (κ2) is 9.21. The lowest BCUT2D eigenvalue weighted by atomic mass is 10.2. The van der Waals surface area contributed by atoms with Gasteiger partial charge in [-0.05, 0) is 36.8 Å². The van der Waals surface area contributed by atoms with Crippen LogP contribution in [-0.2, 0) is 9.53 Å². The van der Waals surface area contributed by atoms with Crippen molar-refractivity contribution in [3.8, 4) is 0 Å². The Bertz CT molecular complexity index is 720. The number of anilines is 2. The van der Waals surface area contributed by atoms with E-state index in [4.69, 9.17) is 4.74 Å². The van der Waals surface area contributed by atoms with Crippen LogP contribution in [0.5, 0.6) is 0 Å². The summed E-state index contributed by atoms with van der Waals surface area (Å²) in [6.07, 6.45) is 2.30. The van der Waals surface area contributed by atoms with E-state index < -0.39 is 12.2 Å². The molecule has 0 spiro atoms. The van der Waals surface area contributed by atoms with Gasteiger partial charge in [-0.15, -0.1) is 0 Å². The minimum absolute atomic E-state index is 0.209. The molecular formula is C19H24FN3O3S. The number of halogens is 1. The van der Waals surface area contributed by atoms with Crippen molar-refractivity contribution in [2.75, 3.05) is 40.9 Å². The molecule has 2 saturated heterocycles. The number of nitrogens with zero attached hydrogens (tertiary/aromatic N) is 3. The SMILES string of the molecule is CCCC(=O)N=C[C@H]1CN(c2ccc(N3CCCSCC3)c(F)c2)C(=O)O1. The van der Waals surface area contributed by atoms with Crippen molar-refractivity contribution in [1.82, 2.24) is 0 Å². The lowest BCUT2D eigenvalue weighted by Gasteiger charge is -2.24. The van der Waals surface area contributed by atoms with Gasteiger partial charge < -0.3 is 9.64 Å². The zero-order valence-corrected chi connectivity index (χ0v) is 16.2. The maximum Gasteiger partial charge on any atom is 0.415 e. The van der Waals surface area contributed by atoms with Gasteiger partial charge in [-0.2, -0.15) is 11.8 Å². The van der Waals surface area contributed by atoms with E-state index in [0.717, 1.165) is 31.0 Å². The molecule has 2 aliphatic heterocycles. The van der Waals surface area contributed by atoms with Crippen molar-refractivity contribution in [2.24, 2.45) is 4.99 Å².